The molecule has 1 aromatic heterocycles. The van der Waals surface area contributed by atoms with E-state index in [2.05, 4.69) is 20.9 Å². The molecule has 0 saturated heterocycles. The fourth-order valence-electron chi connectivity index (χ4n) is 0.966. The van der Waals surface area contributed by atoms with Crippen LogP contribution in [0.15, 0.2) is 4.47 Å². The maximum Gasteiger partial charge on any atom is 0.394 e. The fraction of sp³-hybridized carbons (Fsp3) is 0.250. The minimum absolute atomic E-state index is 0.112. The number of nitrogens with zero attached hydrogens (tertiary/aromatic N) is 2. The molecule has 0 aromatic carbocycles. The molecule has 0 aliphatic heterocycles. The zero-order valence-corrected chi connectivity index (χ0v) is 14.9. The van der Waals surface area contributed by atoms with Crippen molar-refractivity contribution in [3.8, 4) is 0 Å². The smallest absolute Gasteiger partial charge is 0.376 e. The minimum Gasteiger partial charge on any atom is -0.376 e. The molecule has 0 aliphatic carbocycles. The number of pyridine rings is 1. The van der Waals surface area contributed by atoms with Crippen molar-refractivity contribution in [2.45, 2.75) is 6.54 Å². The average Bonchev–Trinajstić information content (AvgIpc) is 2.29. The highest BCUT2D eigenvalue weighted by Crippen LogP contribution is 2.30. The monoisotopic (exact) mass is 443 g/mol. The van der Waals surface area contributed by atoms with Crippen LogP contribution in [0.4, 0.5) is 4.39 Å². The van der Waals surface area contributed by atoms with E-state index in [9.17, 15) is 4.39 Å². The third-order valence-electron chi connectivity index (χ3n) is 1.86. The van der Waals surface area contributed by atoms with Crippen LogP contribution < -0.4 is 5.73 Å². The van der Waals surface area contributed by atoms with Gasteiger partial charge in [-0.2, -0.15) is 8.42 Å². The summed E-state index contributed by atoms with van der Waals surface area (Å²) in [6.07, 6.45) is 0. The summed E-state index contributed by atoms with van der Waals surface area (Å²) >= 11 is 19.2. The van der Waals surface area contributed by atoms with Crippen LogP contribution in [0.2, 0.25) is 10.3 Å². The normalized spacial score (nSPS) is 10.6. The van der Waals surface area contributed by atoms with Gasteiger partial charge in [0, 0.05) is 19.2 Å². The van der Waals surface area contributed by atoms with Crippen molar-refractivity contribution in [3.05, 3.63) is 26.2 Å². The van der Waals surface area contributed by atoms with E-state index in [4.69, 9.17) is 58.7 Å². The van der Waals surface area contributed by atoms with Gasteiger partial charge in [-0.1, -0.05) is 23.2 Å². The van der Waals surface area contributed by atoms with Gasteiger partial charge < -0.3 is 10.6 Å². The van der Waals surface area contributed by atoms with E-state index in [1.165, 1.54) is 4.90 Å². The molecule has 0 fully saturated rings. The van der Waals surface area contributed by atoms with Crippen molar-refractivity contribution < 1.29 is 21.9 Å². The zero-order valence-electron chi connectivity index (χ0n) is 10.2. The number of rotatable bonds is 2. The molecule has 21 heavy (non-hydrogen) atoms. The van der Waals surface area contributed by atoms with Gasteiger partial charge in [0.1, 0.15) is 5.15 Å². The number of thiocarbonyl (C=S) groups is 1. The van der Waals surface area contributed by atoms with E-state index < -0.39 is 16.2 Å². The Kier molecular flexibility index (Phi) is 8.24. The first kappa shape index (κ1) is 20.7. The van der Waals surface area contributed by atoms with Crippen LogP contribution in [0.5, 0.6) is 0 Å². The first-order valence-electron chi connectivity index (χ1n) is 4.74. The third kappa shape index (κ3) is 8.04. The van der Waals surface area contributed by atoms with Crippen molar-refractivity contribution in [2.24, 2.45) is 5.73 Å². The Labute approximate surface area is 143 Å². The summed E-state index contributed by atoms with van der Waals surface area (Å²) in [5.41, 5.74) is 5.85. The van der Waals surface area contributed by atoms with E-state index in [1.54, 1.807) is 7.05 Å². The van der Waals surface area contributed by atoms with E-state index in [-0.39, 0.29) is 26.4 Å². The Morgan fingerprint density at radius 3 is 2.29 bits per heavy atom. The molecule has 7 nitrogen and oxygen atoms in total. The van der Waals surface area contributed by atoms with Crippen molar-refractivity contribution in [1.29, 1.82) is 0 Å². The summed E-state index contributed by atoms with van der Waals surface area (Å²) < 4.78 is 45.2. The van der Waals surface area contributed by atoms with Gasteiger partial charge in [0.05, 0.1) is 4.47 Å². The van der Waals surface area contributed by atoms with Gasteiger partial charge in [-0.05, 0) is 28.1 Å². The second-order valence-electron chi connectivity index (χ2n) is 3.44. The minimum atomic E-state index is -4.67. The summed E-state index contributed by atoms with van der Waals surface area (Å²) in [4.78, 5) is 5.20. The molecule has 1 aromatic rings. The number of halogens is 4. The molecule has 1 rings (SSSR count). The second kappa shape index (κ2) is 8.36. The summed E-state index contributed by atoms with van der Waals surface area (Å²) in [5.74, 6) is -0.655. The Balaban J connectivity index is 0.000000690. The van der Waals surface area contributed by atoms with Crippen LogP contribution in [-0.2, 0) is 16.9 Å². The van der Waals surface area contributed by atoms with E-state index >= 15 is 0 Å². The SMILES string of the molecule is CN(Cc1c(Cl)nc(Cl)c(F)c1Br)C(N)=S.O=S(=O)(O)O. The highest BCUT2D eigenvalue weighted by Gasteiger charge is 2.17. The van der Waals surface area contributed by atoms with Gasteiger partial charge >= 0.3 is 10.4 Å². The molecule has 0 saturated carbocycles. The predicted molar refractivity (Wildman–Crippen MR) is 84.3 cm³/mol. The molecule has 0 bridgehead atoms. The molecular weight excluding hydrogens is 436 g/mol. The molecule has 1 heterocycles. The summed E-state index contributed by atoms with van der Waals surface area (Å²) in [6.45, 7) is 0.246. The standard InChI is InChI=1S/C8H7BrCl2FN3S.H2O4S/c1-15(8(13)16)2-3-4(9)5(12)7(11)14-6(3)10;1-5(2,3)4/h2H2,1H3,(H2,13,16);(H2,1,2,3,4). The van der Waals surface area contributed by atoms with Crippen molar-refractivity contribution >= 4 is 66.9 Å². The molecule has 0 radical (unpaired) electrons. The molecular formula is C8H9BrCl2FN3O4S2. The summed E-state index contributed by atoms with van der Waals surface area (Å²) in [5, 5.41) is 0.0123. The van der Waals surface area contributed by atoms with Crippen LogP contribution in [-0.4, -0.2) is 39.6 Å². The third-order valence-corrected chi connectivity index (χ3v) is 3.56. The highest BCUT2D eigenvalue weighted by molar-refractivity contribution is 9.10. The molecule has 4 N–H and O–H groups in total. The summed E-state index contributed by atoms with van der Waals surface area (Å²) in [7, 11) is -3.00. The van der Waals surface area contributed by atoms with Crippen LogP contribution in [0.3, 0.4) is 0 Å². The van der Waals surface area contributed by atoms with Crippen LogP contribution in [0.1, 0.15) is 5.56 Å². The topological polar surface area (TPSA) is 117 Å². The van der Waals surface area contributed by atoms with Crippen LogP contribution >= 0.6 is 51.3 Å². The highest BCUT2D eigenvalue weighted by atomic mass is 79.9. The number of nitrogens with two attached hydrogens (primary N) is 1. The summed E-state index contributed by atoms with van der Waals surface area (Å²) in [6, 6.07) is 0. The molecule has 0 amide bonds. The molecule has 0 atom stereocenters. The predicted octanol–water partition coefficient (Wildman–Crippen LogP) is 2.31. The first-order valence-corrected chi connectivity index (χ1v) is 8.09. The molecule has 120 valence electrons. The Bertz CT molecular complexity index is 639. The van der Waals surface area contributed by atoms with Crippen LogP contribution in [0.25, 0.3) is 0 Å². The second-order valence-corrected chi connectivity index (χ2v) is 6.27. The van der Waals surface area contributed by atoms with Crippen LogP contribution in [0, 0.1) is 5.82 Å². The largest absolute Gasteiger partial charge is 0.394 e. The lowest BCUT2D eigenvalue weighted by Crippen LogP contribution is -2.31. The van der Waals surface area contributed by atoms with E-state index in [0.717, 1.165) is 0 Å². The Hall–Kier alpha value is -0.300. The number of hydrogen-bond acceptors (Lipinski definition) is 4. The lowest BCUT2D eigenvalue weighted by atomic mass is 10.2. The number of aromatic nitrogens is 1. The molecule has 13 heteroatoms. The first-order chi connectivity index (χ1) is 9.34. The van der Waals surface area contributed by atoms with Crippen molar-refractivity contribution in [1.82, 2.24) is 9.88 Å². The van der Waals surface area contributed by atoms with Gasteiger partial charge in [0.15, 0.2) is 16.1 Å². The van der Waals surface area contributed by atoms with Crippen molar-refractivity contribution in [3.63, 3.8) is 0 Å². The van der Waals surface area contributed by atoms with Gasteiger partial charge in [-0.3, -0.25) is 9.11 Å². The lowest BCUT2D eigenvalue weighted by molar-refractivity contribution is 0.381. The van der Waals surface area contributed by atoms with Gasteiger partial charge in [-0.15, -0.1) is 0 Å². The van der Waals surface area contributed by atoms with Gasteiger partial charge in [0.25, 0.3) is 0 Å². The Morgan fingerprint density at radius 1 is 1.48 bits per heavy atom. The quantitative estimate of drug-likeness (QED) is 0.361. The van der Waals surface area contributed by atoms with E-state index in [0.29, 0.717) is 5.56 Å². The fourth-order valence-corrected chi connectivity index (χ4v) is 2.22. The molecule has 0 aliphatic rings. The van der Waals surface area contributed by atoms with Gasteiger partial charge in [-0.25, -0.2) is 9.37 Å². The van der Waals surface area contributed by atoms with Gasteiger partial charge in [0.2, 0.25) is 0 Å². The maximum atomic E-state index is 13.4. The molecule has 0 unspecified atom stereocenters. The maximum absolute atomic E-state index is 13.4. The van der Waals surface area contributed by atoms with Crippen molar-refractivity contribution in [2.75, 3.05) is 7.05 Å². The van der Waals surface area contributed by atoms with E-state index in [1.807, 2.05) is 0 Å². The molecule has 0 spiro atoms. The Morgan fingerprint density at radius 2 is 1.90 bits per heavy atom. The zero-order chi connectivity index (χ0) is 17.0. The average molecular weight is 445 g/mol. The lowest BCUT2D eigenvalue weighted by Gasteiger charge is -2.18. The number of hydrogen-bond donors (Lipinski definition) is 3.